The van der Waals surface area contributed by atoms with Crippen LogP contribution in [0.2, 0.25) is 0 Å². The molecule has 0 aliphatic heterocycles. The summed E-state index contributed by atoms with van der Waals surface area (Å²) in [7, 11) is 1.82. The molecule has 0 saturated carbocycles. The van der Waals surface area contributed by atoms with E-state index in [1.807, 2.05) is 33.0 Å². The fourth-order valence-corrected chi connectivity index (χ4v) is 1.76. The van der Waals surface area contributed by atoms with Crippen LogP contribution >= 0.6 is 12.4 Å². The van der Waals surface area contributed by atoms with Crippen LogP contribution in [0.1, 0.15) is 25.0 Å². The van der Waals surface area contributed by atoms with Crippen molar-refractivity contribution in [1.82, 2.24) is 4.90 Å². The number of nitrogens with zero attached hydrogens (tertiary/aromatic N) is 1. The summed E-state index contributed by atoms with van der Waals surface area (Å²) in [5.74, 6) is 0.0847. The predicted octanol–water partition coefficient (Wildman–Crippen LogP) is 2.36. The zero-order valence-electron chi connectivity index (χ0n) is 11.6. The van der Waals surface area contributed by atoms with Gasteiger partial charge in [0.1, 0.15) is 0 Å². The fraction of sp³-hybridized carbons (Fsp3) is 0.500. The predicted molar refractivity (Wildman–Crippen MR) is 77.7 cm³/mol. The first kappa shape index (κ1) is 16.9. The normalized spacial score (nSPS) is 10.7. The lowest BCUT2D eigenvalue weighted by Crippen LogP contribution is -2.42. The molecule has 0 fully saturated rings. The number of amides is 1. The SMILES string of the molecule is Cc1cccc(CN(C)C(=O)C(C)(C)CN)c1.Cl. The Morgan fingerprint density at radius 3 is 2.50 bits per heavy atom. The summed E-state index contributed by atoms with van der Waals surface area (Å²) in [5, 5.41) is 0. The van der Waals surface area contributed by atoms with Gasteiger partial charge in [-0.2, -0.15) is 0 Å². The summed E-state index contributed by atoms with van der Waals surface area (Å²) in [4.78, 5) is 13.9. The average molecular weight is 271 g/mol. The molecule has 0 heterocycles. The Morgan fingerprint density at radius 1 is 1.39 bits per heavy atom. The van der Waals surface area contributed by atoms with E-state index in [4.69, 9.17) is 5.73 Å². The second-order valence-electron chi connectivity index (χ2n) is 5.24. The molecule has 1 amide bonds. The molecule has 0 saturated heterocycles. The standard InChI is InChI=1S/C14H22N2O.ClH/c1-11-6-5-7-12(8-11)9-16(4)13(17)14(2,3)10-15;/h5-8H,9-10,15H2,1-4H3;1H. The molecule has 3 nitrogen and oxygen atoms in total. The first-order chi connectivity index (χ1) is 7.86. The van der Waals surface area contributed by atoms with Crippen LogP contribution in [-0.2, 0) is 11.3 Å². The molecule has 0 atom stereocenters. The molecule has 0 spiro atoms. The maximum atomic E-state index is 12.1. The Bertz CT molecular complexity index is 405. The number of rotatable bonds is 4. The number of benzene rings is 1. The van der Waals surface area contributed by atoms with Gasteiger partial charge in [0.05, 0.1) is 5.41 Å². The third-order valence-electron chi connectivity index (χ3n) is 2.94. The maximum absolute atomic E-state index is 12.1. The van der Waals surface area contributed by atoms with Gasteiger partial charge in [-0.3, -0.25) is 4.79 Å². The molecule has 102 valence electrons. The van der Waals surface area contributed by atoms with Crippen molar-refractivity contribution >= 4 is 18.3 Å². The minimum atomic E-state index is -0.488. The number of halogens is 1. The highest BCUT2D eigenvalue weighted by Crippen LogP contribution is 2.17. The summed E-state index contributed by atoms with van der Waals surface area (Å²) in [5.41, 5.74) is 7.48. The van der Waals surface area contributed by atoms with Gasteiger partial charge in [-0.15, -0.1) is 12.4 Å². The van der Waals surface area contributed by atoms with Gasteiger partial charge in [0.2, 0.25) is 5.91 Å². The molecule has 18 heavy (non-hydrogen) atoms. The van der Waals surface area contributed by atoms with Gasteiger partial charge in [0.25, 0.3) is 0 Å². The molecule has 0 radical (unpaired) electrons. The molecular weight excluding hydrogens is 248 g/mol. The van der Waals surface area contributed by atoms with Gasteiger partial charge in [0.15, 0.2) is 0 Å². The van der Waals surface area contributed by atoms with E-state index >= 15 is 0 Å². The van der Waals surface area contributed by atoms with E-state index in [2.05, 4.69) is 19.1 Å². The number of carbonyl (C=O) groups excluding carboxylic acids is 1. The van der Waals surface area contributed by atoms with Gasteiger partial charge in [0, 0.05) is 20.1 Å². The highest BCUT2D eigenvalue weighted by molar-refractivity contribution is 5.85. The highest BCUT2D eigenvalue weighted by atomic mass is 35.5. The van der Waals surface area contributed by atoms with Gasteiger partial charge < -0.3 is 10.6 Å². The lowest BCUT2D eigenvalue weighted by molar-refractivity contribution is -0.139. The van der Waals surface area contributed by atoms with E-state index in [1.54, 1.807) is 4.90 Å². The van der Waals surface area contributed by atoms with Gasteiger partial charge in [-0.05, 0) is 26.3 Å². The lowest BCUT2D eigenvalue weighted by Gasteiger charge is -2.28. The van der Waals surface area contributed by atoms with Crippen molar-refractivity contribution < 1.29 is 4.79 Å². The van der Waals surface area contributed by atoms with E-state index in [9.17, 15) is 4.79 Å². The smallest absolute Gasteiger partial charge is 0.229 e. The number of nitrogens with two attached hydrogens (primary N) is 1. The Balaban J connectivity index is 0.00000289. The highest BCUT2D eigenvalue weighted by Gasteiger charge is 2.28. The molecule has 0 aliphatic rings. The van der Waals surface area contributed by atoms with Crippen LogP contribution in [0.25, 0.3) is 0 Å². The van der Waals surface area contributed by atoms with Crippen molar-refractivity contribution in [2.45, 2.75) is 27.3 Å². The van der Waals surface area contributed by atoms with Crippen molar-refractivity contribution in [2.24, 2.45) is 11.1 Å². The first-order valence-electron chi connectivity index (χ1n) is 5.88. The second kappa shape index (κ2) is 6.76. The number of carbonyl (C=O) groups is 1. The quantitative estimate of drug-likeness (QED) is 0.913. The Morgan fingerprint density at radius 2 is 2.00 bits per heavy atom. The number of hydrogen-bond donors (Lipinski definition) is 1. The minimum Gasteiger partial charge on any atom is -0.341 e. The van der Waals surface area contributed by atoms with Crippen LogP contribution in [0.3, 0.4) is 0 Å². The van der Waals surface area contributed by atoms with Crippen molar-refractivity contribution in [2.75, 3.05) is 13.6 Å². The molecule has 0 unspecified atom stereocenters. The second-order valence-corrected chi connectivity index (χ2v) is 5.24. The Labute approximate surface area is 116 Å². The van der Waals surface area contributed by atoms with Gasteiger partial charge >= 0.3 is 0 Å². The monoisotopic (exact) mass is 270 g/mol. The van der Waals surface area contributed by atoms with Crippen molar-refractivity contribution in [1.29, 1.82) is 0 Å². The summed E-state index contributed by atoms with van der Waals surface area (Å²) >= 11 is 0. The fourth-order valence-electron chi connectivity index (χ4n) is 1.76. The summed E-state index contributed by atoms with van der Waals surface area (Å²) in [6, 6.07) is 8.19. The molecule has 0 aliphatic carbocycles. The van der Waals surface area contributed by atoms with E-state index in [-0.39, 0.29) is 18.3 Å². The maximum Gasteiger partial charge on any atom is 0.229 e. The lowest BCUT2D eigenvalue weighted by atomic mass is 9.92. The van der Waals surface area contributed by atoms with Gasteiger partial charge in [-0.1, -0.05) is 29.8 Å². The first-order valence-corrected chi connectivity index (χ1v) is 5.88. The zero-order chi connectivity index (χ0) is 13.1. The zero-order valence-corrected chi connectivity index (χ0v) is 12.4. The third kappa shape index (κ3) is 4.31. The topological polar surface area (TPSA) is 46.3 Å². The Kier molecular flexibility index (Phi) is 6.36. The van der Waals surface area contributed by atoms with E-state index < -0.39 is 5.41 Å². The molecular formula is C14H23ClN2O. The average Bonchev–Trinajstić information content (AvgIpc) is 2.28. The van der Waals surface area contributed by atoms with E-state index in [0.29, 0.717) is 13.1 Å². The van der Waals surface area contributed by atoms with Crippen LogP contribution in [0.4, 0.5) is 0 Å². The summed E-state index contributed by atoms with van der Waals surface area (Å²) in [6.45, 7) is 6.80. The number of aryl methyl sites for hydroxylation is 1. The van der Waals surface area contributed by atoms with Crippen molar-refractivity contribution in [3.05, 3.63) is 35.4 Å². The van der Waals surface area contributed by atoms with Crippen LogP contribution in [-0.4, -0.2) is 24.4 Å². The molecule has 1 aromatic rings. The third-order valence-corrected chi connectivity index (χ3v) is 2.94. The van der Waals surface area contributed by atoms with Gasteiger partial charge in [-0.25, -0.2) is 0 Å². The van der Waals surface area contributed by atoms with Crippen LogP contribution in [0.5, 0.6) is 0 Å². The molecule has 4 heteroatoms. The largest absolute Gasteiger partial charge is 0.341 e. The minimum absolute atomic E-state index is 0. The van der Waals surface area contributed by atoms with Crippen LogP contribution < -0.4 is 5.73 Å². The number of hydrogen-bond acceptors (Lipinski definition) is 2. The van der Waals surface area contributed by atoms with Crippen molar-refractivity contribution in [3.63, 3.8) is 0 Å². The molecule has 0 aromatic heterocycles. The van der Waals surface area contributed by atoms with Crippen LogP contribution in [0.15, 0.2) is 24.3 Å². The molecule has 1 aromatic carbocycles. The molecule has 2 N–H and O–H groups in total. The summed E-state index contributed by atoms with van der Waals surface area (Å²) in [6.07, 6.45) is 0. The molecule has 0 bridgehead atoms. The van der Waals surface area contributed by atoms with Crippen LogP contribution in [0, 0.1) is 12.3 Å². The molecule has 1 rings (SSSR count). The van der Waals surface area contributed by atoms with E-state index in [0.717, 1.165) is 5.56 Å². The summed E-state index contributed by atoms with van der Waals surface area (Å²) < 4.78 is 0. The van der Waals surface area contributed by atoms with E-state index in [1.165, 1.54) is 5.56 Å². The Hall–Kier alpha value is -1.06. The van der Waals surface area contributed by atoms with Crippen molar-refractivity contribution in [3.8, 4) is 0 Å².